The van der Waals surface area contributed by atoms with Crippen molar-refractivity contribution in [3.05, 3.63) is 59.1 Å². The summed E-state index contributed by atoms with van der Waals surface area (Å²) in [4.78, 5) is 14.5. The Hall–Kier alpha value is -2.20. The minimum absolute atomic E-state index is 0.0809. The first-order valence-electron chi connectivity index (χ1n) is 7.64. The normalized spacial score (nSPS) is 17.1. The molecular weight excluding hydrogens is 312 g/mol. The molecule has 5 heteroatoms. The smallest absolute Gasteiger partial charge is 0.322 e. The number of carbonyl (C=O) groups is 1. The van der Waals surface area contributed by atoms with Crippen LogP contribution in [-0.2, 0) is 0 Å². The molecule has 1 heterocycles. The predicted octanol–water partition coefficient (Wildman–Crippen LogP) is 4.72. The third kappa shape index (κ3) is 3.59. The summed E-state index contributed by atoms with van der Waals surface area (Å²) in [5.74, 6) is 0.812. The summed E-state index contributed by atoms with van der Waals surface area (Å²) in [5, 5.41) is 3.59. The van der Waals surface area contributed by atoms with Crippen LogP contribution in [0.25, 0.3) is 0 Å². The maximum absolute atomic E-state index is 12.6. The summed E-state index contributed by atoms with van der Waals surface area (Å²) in [7, 11) is 1.65. The van der Waals surface area contributed by atoms with Gasteiger partial charge in [0.1, 0.15) is 5.75 Å². The number of likely N-dealkylation sites (tertiary alicyclic amines) is 1. The molecule has 2 aromatic carbocycles. The number of rotatable bonds is 3. The number of hydrogen-bond donors (Lipinski definition) is 1. The SMILES string of the molecule is COc1cccc(C2CCCN2C(=O)Nc2ccc(Cl)cc2)c1. The molecule has 1 aliphatic rings. The Balaban J connectivity index is 1.75. The lowest BCUT2D eigenvalue weighted by atomic mass is 10.0. The number of nitrogens with one attached hydrogen (secondary N) is 1. The highest BCUT2D eigenvalue weighted by atomic mass is 35.5. The Labute approximate surface area is 141 Å². The van der Waals surface area contributed by atoms with Gasteiger partial charge in [-0.2, -0.15) is 0 Å². The second kappa shape index (κ2) is 6.92. The fourth-order valence-electron chi connectivity index (χ4n) is 2.93. The van der Waals surface area contributed by atoms with Gasteiger partial charge < -0.3 is 15.0 Å². The van der Waals surface area contributed by atoms with Crippen molar-refractivity contribution in [3.8, 4) is 5.75 Å². The van der Waals surface area contributed by atoms with Gasteiger partial charge in [0.25, 0.3) is 0 Å². The van der Waals surface area contributed by atoms with Crippen LogP contribution in [0.1, 0.15) is 24.4 Å². The van der Waals surface area contributed by atoms with E-state index >= 15 is 0 Å². The molecule has 1 N–H and O–H groups in total. The van der Waals surface area contributed by atoms with E-state index in [1.807, 2.05) is 29.2 Å². The summed E-state index contributed by atoms with van der Waals surface area (Å²) >= 11 is 5.87. The van der Waals surface area contributed by atoms with Crippen LogP contribution in [0.5, 0.6) is 5.75 Å². The maximum Gasteiger partial charge on any atom is 0.322 e. The Bertz CT molecular complexity index is 688. The zero-order valence-corrected chi connectivity index (χ0v) is 13.7. The fraction of sp³-hybridized carbons (Fsp3) is 0.278. The van der Waals surface area contributed by atoms with Crippen molar-refractivity contribution >= 4 is 23.3 Å². The van der Waals surface area contributed by atoms with Crippen LogP contribution in [0.2, 0.25) is 5.02 Å². The first kappa shape index (κ1) is 15.7. The van der Waals surface area contributed by atoms with Gasteiger partial charge in [0.15, 0.2) is 0 Å². The highest BCUT2D eigenvalue weighted by Crippen LogP contribution is 2.33. The lowest BCUT2D eigenvalue weighted by molar-refractivity contribution is 0.207. The number of halogens is 1. The van der Waals surface area contributed by atoms with E-state index in [1.165, 1.54) is 0 Å². The van der Waals surface area contributed by atoms with Crippen molar-refractivity contribution in [2.75, 3.05) is 19.0 Å². The monoisotopic (exact) mass is 330 g/mol. The number of ether oxygens (including phenoxy) is 1. The van der Waals surface area contributed by atoms with Crippen molar-refractivity contribution in [2.45, 2.75) is 18.9 Å². The largest absolute Gasteiger partial charge is 0.497 e. The van der Waals surface area contributed by atoms with Gasteiger partial charge in [-0.3, -0.25) is 0 Å². The second-order valence-electron chi connectivity index (χ2n) is 5.57. The number of carbonyl (C=O) groups excluding carboxylic acids is 1. The summed E-state index contributed by atoms with van der Waals surface area (Å²) in [6.45, 7) is 0.751. The topological polar surface area (TPSA) is 41.6 Å². The molecule has 1 aliphatic heterocycles. The van der Waals surface area contributed by atoms with Crippen LogP contribution in [0, 0.1) is 0 Å². The zero-order chi connectivity index (χ0) is 16.2. The molecule has 4 nitrogen and oxygen atoms in total. The van der Waals surface area contributed by atoms with E-state index in [2.05, 4.69) is 5.32 Å². The van der Waals surface area contributed by atoms with Gasteiger partial charge in [0, 0.05) is 17.3 Å². The van der Waals surface area contributed by atoms with Gasteiger partial charge in [-0.1, -0.05) is 23.7 Å². The Morgan fingerprint density at radius 1 is 1.26 bits per heavy atom. The molecule has 0 bridgehead atoms. The van der Waals surface area contributed by atoms with E-state index < -0.39 is 0 Å². The molecule has 0 spiro atoms. The van der Waals surface area contributed by atoms with Gasteiger partial charge in [-0.15, -0.1) is 0 Å². The van der Waals surface area contributed by atoms with Gasteiger partial charge in [-0.05, 0) is 54.8 Å². The number of hydrogen-bond acceptors (Lipinski definition) is 2. The molecule has 1 fully saturated rings. The van der Waals surface area contributed by atoms with Gasteiger partial charge in [0.2, 0.25) is 0 Å². The Morgan fingerprint density at radius 2 is 2.04 bits per heavy atom. The quantitative estimate of drug-likeness (QED) is 0.884. The zero-order valence-electron chi connectivity index (χ0n) is 13.0. The van der Waals surface area contributed by atoms with Crippen molar-refractivity contribution in [1.82, 2.24) is 4.90 Å². The van der Waals surface area contributed by atoms with Crippen LogP contribution in [0.15, 0.2) is 48.5 Å². The molecule has 2 aromatic rings. The summed E-state index contributed by atoms with van der Waals surface area (Å²) in [6, 6.07) is 15.0. The molecular formula is C18H19ClN2O2. The first-order chi connectivity index (χ1) is 11.2. The predicted molar refractivity (Wildman–Crippen MR) is 92.1 cm³/mol. The van der Waals surface area contributed by atoms with Gasteiger partial charge >= 0.3 is 6.03 Å². The minimum atomic E-state index is -0.0855. The molecule has 23 heavy (non-hydrogen) atoms. The number of methoxy groups -OCH3 is 1. The molecule has 0 aliphatic carbocycles. The second-order valence-corrected chi connectivity index (χ2v) is 6.00. The average Bonchev–Trinajstić information content (AvgIpc) is 3.07. The number of benzene rings is 2. The van der Waals surface area contributed by atoms with Crippen molar-refractivity contribution < 1.29 is 9.53 Å². The van der Waals surface area contributed by atoms with Crippen molar-refractivity contribution in [3.63, 3.8) is 0 Å². The van der Waals surface area contributed by atoms with Crippen molar-refractivity contribution in [2.24, 2.45) is 0 Å². The Kier molecular flexibility index (Phi) is 4.72. The standard InChI is InChI=1S/C18H19ClN2O2/c1-23-16-5-2-4-13(12-16)17-6-3-11-21(17)18(22)20-15-9-7-14(19)8-10-15/h2,4-5,7-10,12,17H,3,6,11H2,1H3,(H,20,22). The van der Waals surface area contributed by atoms with E-state index in [-0.39, 0.29) is 12.1 Å². The molecule has 0 aromatic heterocycles. The molecule has 1 atom stereocenters. The number of urea groups is 1. The van der Waals surface area contributed by atoms with Gasteiger partial charge in [0.05, 0.1) is 13.2 Å². The molecule has 1 unspecified atom stereocenters. The van der Waals surface area contributed by atoms with E-state index in [1.54, 1.807) is 31.4 Å². The van der Waals surface area contributed by atoms with Crippen LogP contribution in [0.3, 0.4) is 0 Å². The van der Waals surface area contributed by atoms with Gasteiger partial charge in [-0.25, -0.2) is 4.79 Å². The summed E-state index contributed by atoms with van der Waals surface area (Å²) in [6.07, 6.45) is 1.96. The molecule has 1 saturated heterocycles. The highest BCUT2D eigenvalue weighted by molar-refractivity contribution is 6.30. The van der Waals surface area contributed by atoms with E-state index in [4.69, 9.17) is 16.3 Å². The molecule has 0 saturated carbocycles. The Morgan fingerprint density at radius 3 is 2.78 bits per heavy atom. The average molecular weight is 331 g/mol. The molecule has 0 radical (unpaired) electrons. The van der Waals surface area contributed by atoms with Crippen LogP contribution < -0.4 is 10.1 Å². The van der Waals surface area contributed by atoms with Crippen LogP contribution in [0.4, 0.5) is 10.5 Å². The first-order valence-corrected chi connectivity index (χ1v) is 8.02. The van der Waals surface area contributed by atoms with E-state index in [0.29, 0.717) is 5.02 Å². The molecule has 2 amide bonds. The third-order valence-corrected chi connectivity index (χ3v) is 4.34. The summed E-state index contributed by atoms with van der Waals surface area (Å²) in [5.41, 5.74) is 1.85. The maximum atomic E-state index is 12.6. The van der Waals surface area contributed by atoms with E-state index in [0.717, 1.165) is 36.4 Å². The molecule has 3 rings (SSSR count). The molecule has 120 valence electrons. The minimum Gasteiger partial charge on any atom is -0.497 e. The van der Waals surface area contributed by atoms with Crippen LogP contribution in [-0.4, -0.2) is 24.6 Å². The number of amides is 2. The lowest BCUT2D eigenvalue weighted by Crippen LogP contribution is -2.34. The third-order valence-electron chi connectivity index (χ3n) is 4.09. The number of anilines is 1. The van der Waals surface area contributed by atoms with E-state index in [9.17, 15) is 4.79 Å². The van der Waals surface area contributed by atoms with Crippen LogP contribution >= 0.6 is 11.6 Å². The highest BCUT2D eigenvalue weighted by Gasteiger charge is 2.30. The number of nitrogens with zero attached hydrogens (tertiary/aromatic N) is 1. The van der Waals surface area contributed by atoms with Crippen molar-refractivity contribution in [1.29, 1.82) is 0 Å². The lowest BCUT2D eigenvalue weighted by Gasteiger charge is -2.25. The summed E-state index contributed by atoms with van der Waals surface area (Å²) < 4.78 is 5.29. The fourth-order valence-corrected chi connectivity index (χ4v) is 3.06.